The minimum absolute atomic E-state index is 0.404. The van der Waals surface area contributed by atoms with Gasteiger partial charge in [-0.2, -0.15) is 0 Å². The van der Waals surface area contributed by atoms with Crippen molar-refractivity contribution >= 4 is 34.3 Å². The first-order chi connectivity index (χ1) is 12.0. The summed E-state index contributed by atoms with van der Waals surface area (Å²) >= 11 is 1.29. The molecule has 0 amide bonds. The standard InChI is InChI=1S/C14H25NO3PS.CH4O4S/c1-5-17-19(16,18-6-2)20-13-12-15(3,4)14-10-8-7-9-11-14;1-5-6(2,3)4/h7-11H,5-6,12-13H2,1-4H3;1H3,(H,2,3,4)/q+1;/p-1. The van der Waals surface area contributed by atoms with Crippen LogP contribution >= 0.6 is 18.2 Å². The number of nitrogens with zero attached hydrogens (tertiary/aromatic N) is 1. The van der Waals surface area contributed by atoms with Gasteiger partial charge in [0.05, 0.1) is 46.7 Å². The lowest BCUT2D eigenvalue weighted by molar-refractivity contribution is 0.237. The van der Waals surface area contributed by atoms with E-state index in [1.807, 2.05) is 32.0 Å². The smallest absolute Gasteiger partial charge is 0.389 e. The molecule has 26 heavy (non-hydrogen) atoms. The summed E-state index contributed by atoms with van der Waals surface area (Å²) in [5.74, 6) is 0.721. The molecule has 152 valence electrons. The Labute approximate surface area is 160 Å². The molecular weight excluding hydrogens is 401 g/mol. The molecule has 0 aromatic heterocycles. The van der Waals surface area contributed by atoms with Crippen LogP contribution in [0.4, 0.5) is 5.69 Å². The lowest BCUT2D eigenvalue weighted by Gasteiger charge is -2.29. The van der Waals surface area contributed by atoms with Crippen LogP contribution in [-0.2, 0) is 28.2 Å². The normalized spacial score (nSPS) is 12.4. The Morgan fingerprint density at radius 3 is 1.96 bits per heavy atom. The minimum Gasteiger partial charge on any atom is -0.726 e. The number of hydrogen-bond donors (Lipinski definition) is 0. The van der Waals surface area contributed by atoms with E-state index >= 15 is 0 Å². The molecule has 0 aliphatic carbocycles. The van der Waals surface area contributed by atoms with E-state index in [2.05, 4.69) is 30.4 Å². The lowest BCUT2D eigenvalue weighted by Crippen LogP contribution is -2.42. The highest BCUT2D eigenvalue weighted by Gasteiger charge is 2.27. The van der Waals surface area contributed by atoms with Crippen LogP contribution in [0.5, 0.6) is 0 Å². The first-order valence-corrected chi connectivity index (χ1v) is 12.4. The summed E-state index contributed by atoms with van der Waals surface area (Å²) in [5, 5.41) is 0. The molecule has 0 spiro atoms. The molecule has 1 aromatic rings. The van der Waals surface area contributed by atoms with Gasteiger partial charge < -0.3 is 13.6 Å². The van der Waals surface area contributed by atoms with Crippen LogP contribution in [0.1, 0.15) is 13.8 Å². The maximum atomic E-state index is 12.3. The molecule has 8 nitrogen and oxygen atoms in total. The molecule has 0 bridgehead atoms. The van der Waals surface area contributed by atoms with E-state index in [4.69, 9.17) is 9.05 Å². The van der Waals surface area contributed by atoms with Crippen LogP contribution in [0.2, 0.25) is 0 Å². The largest absolute Gasteiger partial charge is 0.726 e. The molecule has 0 aliphatic heterocycles. The molecule has 0 radical (unpaired) electrons. The van der Waals surface area contributed by atoms with Gasteiger partial charge in [0.2, 0.25) is 10.4 Å². The van der Waals surface area contributed by atoms with Gasteiger partial charge in [0, 0.05) is 0 Å². The molecule has 0 fully saturated rings. The average Bonchev–Trinajstić information content (AvgIpc) is 2.56. The highest BCUT2D eigenvalue weighted by atomic mass is 32.7. The van der Waals surface area contributed by atoms with Crippen LogP contribution in [0, 0.1) is 0 Å². The summed E-state index contributed by atoms with van der Waals surface area (Å²) in [6.45, 7) is 2.34. The fourth-order valence-electron chi connectivity index (χ4n) is 1.77. The summed E-state index contributed by atoms with van der Waals surface area (Å²) in [4.78, 5) is 0. The number of rotatable bonds is 10. The molecule has 1 rings (SSSR count). The summed E-state index contributed by atoms with van der Waals surface area (Å²) < 4.78 is 54.7. The molecule has 11 heteroatoms. The fraction of sp³-hybridized carbons (Fsp3) is 0.600. The maximum Gasteiger partial charge on any atom is 0.389 e. The number of para-hydroxylation sites is 1. The Balaban J connectivity index is 0.000000896. The average molecular weight is 429 g/mol. The van der Waals surface area contributed by atoms with E-state index in [1.165, 1.54) is 17.1 Å². The third-order valence-electron chi connectivity index (χ3n) is 3.13. The zero-order valence-electron chi connectivity index (χ0n) is 15.8. The SMILES string of the molecule is CCOP(=O)(OCC)SCC[N+](C)(C)c1ccccc1.COS(=O)(=O)[O-]. The molecule has 0 saturated heterocycles. The molecular formula is C15H28NO7PS2. The molecule has 0 saturated carbocycles. The van der Waals surface area contributed by atoms with Gasteiger partial charge in [0.25, 0.3) is 0 Å². The van der Waals surface area contributed by atoms with E-state index in [9.17, 15) is 17.5 Å². The van der Waals surface area contributed by atoms with E-state index in [0.717, 1.165) is 23.9 Å². The Bertz CT molecular complexity index is 643. The van der Waals surface area contributed by atoms with Crippen molar-refractivity contribution in [3.8, 4) is 0 Å². The van der Waals surface area contributed by atoms with Crippen LogP contribution in [0.15, 0.2) is 30.3 Å². The molecule has 0 atom stereocenters. The second kappa shape index (κ2) is 12.1. The molecule has 0 unspecified atom stereocenters. The van der Waals surface area contributed by atoms with E-state index < -0.39 is 17.2 Å². The molecule has 0 N–H and O–H groups in total. The zero-order chi connectivity index (χ0) is 20.3. The number of hydrogen-bond acceptors (Lipinski definition) is 8. The fourth-order valence-corrected chi connectivity index (χ4v) is 5.38. The Kier molecular flexibility index (Phi) is 11.9. The Morgan fingerprint density at radius 1 is 1.12 bits per heavy atom. The van der Waals surface area contributed by atoms with Crippen LogP contribution < -0.4 is 4.48 Å². The topological polar surface area (TPSA) is 102 Å². The predicted molar refractivity (Wildman–Crippen MR) is 105 cm³/mol. The Hall–Kier alpha value is -0.450. The van der Waals surface area contributed by atoms with Gasteiger partial charge in [0.1, 0.15) is 5.69 Å². The van der Waals surface area contributed by atoms with Crippen molar-refractivity contribution in [3.63, 3.8) is 0 Å². The number of benzene rings is 1. The van der Waals surface area contributed by atoms with Crippen LogP contribution in [-0.4, -0.2) is 59.7 Å². The summed E-state index contributed by atoms with van der Waals surface area (Å²) in [6.07, 6.45) is 0. The van der Waals surface area contributed by atoms with Crippen molar-refractivity contribution in [1.29, 1.82) is 0 Å². The summed E-state index contributed by atoms with van der Waals surface area (Å²) in [6, 6.07) is 10.3. The van der Waals surface area contributed by atoms with Crippen molar-refractivity contribution < 1.29 is 30.8 Å². The highest BCUT2D eigenvalue weighted by Crippen LogP contribution is 2.60. The molecule has 0 aliphatic rings. The lowest BCUT2D eigenvalue weighted by atomic mass is 10.2. The van der Waals surface area contributed by atoms with Gasteiger partial charge in [0.15, 0.2) is 0 Å². The van der Waals surface area contributed by atoms with Crippen molar-refractivity contribution in [3.05, 3.63) is 30.3 Å². The monoisotopic (exact) mass is 429 g/mol. The first kappa shape index (κ1) is 25.6. The summed E-state index contributed by atoms with van der Waals surface area (Å²) in [7, 11) is 0.678. The number of quaternary nitrogens is 1. The second-order valence-electron chi connectivity index (χ2n) is 5.44. The predicted octanol–water partition coefficient (Wildman–Crippen LogP) is 3.26. The highest BCUT2D eigenvalue weighted by molar-refractivity contribution is 8.55. The van der Waals surface area contributed by atoms with Gasteiger partial charge in [-0.3, -0.25) is 8.67 Å². The minimum atomic E-state index is -4.41. The van der Waals surface area contributed by atoms with E-state index in [1.54, 1.807) is 0 Å². The van der Waals surface area contributed by atoms with Crippen molar-refractivity contribution in [2.75, 3.05) is 46.7 Å². The van der Waals surface area contributed by atoms with Crippen molar-refractivity contribution in [2.24, 2.45) is 0 Å². The van der Waals surface area contributed by atoms with E-state index in [-0.39, 0.29) is 0 Å². The van der Waals surface area contributed by atoms with Gasteiger partial charge >= 0.3 is 6.80 Å². The summed E-state index contributed by atoms with van der Waals surface area (Å²) in [5.41, 5.74) is 1.23. The molecule has 1 aromatic carbocycles. The van der Waals surface area contributed by atoms with Gasteiger partial charge in [-0.15, -0.1) is 0 Å². The van der Waals surface area contributed by atoms with Crippen LogP contribution in [0.25, 0.3) is 0 Å². The van der Waals surface area contributed by atoms with Crippen LogP contribution in [0.3, 0.4) is 0 Å². The maximum absolute atomic E-state index is 12.3. The van der Waals surface area contributed by atoms with Gasteiger partial charge in [-0.1, -0.05) is 18.2 Å². The third-order valence-corrected chi connectivity index (χ3v) is 7.50. The van der Waals surface area contributed by atoms with Crippen molar-refractivity contribution in [1.82, 2.24) is 4.48 Å². The second-order valence-corrected chi connectivity index (χ2v) is 10.8. The molecule has 0 heterocycles. The first-order valence-electron chi connectivity index (χ1n) is 7.93. The van der Waals surface area contributed by atoms with Gasteiger partial charge in [-0.05, 0) is 37.4 Å². The van der Waals surface area contributed by atoms with Gasteiger partial charge in [-0.25, -0.2) is 13.0 Å². The van der Waals surface area contributed by atoms with E-state index in [0.29, 0.717) is 13.2 Å². The quantitative estimate of drug-likeness (QED) is 0.242. The zero-order valence-corrected chi connectivity index (χ0v) is 18.3. The third kappa shape index (κ3) is 11.3. The van der Waals surface area contributed by atoms with Crippen molar-refractivity contribution in [2.45, 2.75) is 13.8 Å². The Morgan fingerprint density at radius 2 is 1.58 bits per heavy atom.